The maximum absolute atomic E-state index is 11.1. The number of carboxylic acid groups (broad SMARTS) is 1. The summed E-state index contributed by atoms with van der Waals surface area (Å²) in [5, 5.41) is 9.14. The van der Waals surface area contributed by atoms with Crippen molar-refractivity contribution in [3.05, 3.63) is 29.3 Å². The molecule has 2 rings (SSSR count). The van der Waals surface area contributed by atoms with E-state index in [1.54, 1.807) is 0 Å². The van der Waals surface area contributed by atoms with Crippen molar-refractivity contribution in [3.8, 4) is 0 Å². The molecule has 1 aromatic rings. The molecule has 1 aliphatic rings. The molecule has 3 nitrogen and oxygen atoms in total. The molecule has 1 atom stereocenters. The third-order valence-electron chi connectivity index (χ3n) is 3.59. The first kappa shape index (κ1) is 12.0. The second-order valence-corrected chi connectivity index (χ2v) is 5.05. The zero-order valence-corrected chi connectivity index (χ0v) is 10.6. The van der Waals surface area contributed by atoms with E-state index >= 15 is 0 Å². The van der Waals surface area contributed by atoms with Gasteiger partial charge in [-0.2, -0.15) is 0 Å². The minimum absolute atomic E-state index is 0.382. The first-order valence-electron chi connectivity index (χ1n) is 6.09. The molecule has 0 radical (unpaired) electrons. The average Bonchev–Trinajstić information content (AvgIpc) is 2.28. The first-order valence-corrected chi connectivity index (χ1v) is 6.09. The quantitative estimate of drug-likeness (QED) is 0.853. The molecule has 0 aromatic heterocycles. The van der Waals surface area contributed by atoms with Crippen molar-refractivity contribution in [1.82, 2.24) is 0 Å². The summed E-state index contributed by atoms with van der Waals surface area (Å²) in [5.41, 5.74) is 3.66. The highest BCUT2D eigenvalue weighted by Gasteiger charge is 2.28. The van der Waals surface area contributed by atoms with Gasteiger partial charge in [0.05, 0.1) is 0 Å². The van der Waals surface area contributed by atoms with Crippen LogP contribution in [0.25, 0.3) is 0 Å². The molecule has 17 heavy (non-hydrogen) atoms. The minimum Gasteiger partial charge on any atom is -0.480 e. The van der Waals surface area contributed by atoms with Gasteiger partial charge in [0.2, 0.25) is 0 Å². The monoisotopic (exact) mass is 233 g/mol. The van der Waals surface area contributed by atoms with Crippen LogP contribution in [0.4, 0.5) is 5.69 Å². The number of aryl methyl sites for hydroxylation is 1. The molecule has 92 valence electrons. The number of fused-ring (bicyclic) bond motifs is 1. The molecule has 0 spiro atoms. The first-order chi connectivity index (χ1) is 8.00. The molecule has 0 fully saturated rings. The highest BCUT2D eigenvalue weighted by atomic mass is 16.4. The number of carbonyl (C=O) groups is 1. The molecule has 1 unspecified atom stereocenters. The van der Waals surface area contributed by atoms with Gasteiger partial charge in [0.25, 0.3) is 0 Å². The smallest absolute Gasteiger partial charge is 0.326 e. The number of hydrogen-bond acceptors (Lipinski definition) is 2. The van der Waals surface area contributed by atoms with Crippen LogP contribution in [0.5, 0.6) is 0 Å². The Hall–Kier alpha value is -1.51. The van der Waals surface area contributed by atoms with E-state index in [-0.39, 0.29) is 6.04 Å². The van der Waals surface area contributed by atoms with Crippen LogP contribution in [0, 0.1) is 0 Å². The van der Waals surface area contributed by atoms with Crippen LogP contribution in [0.3, 0.4) is 0 Å². The molecule has 1 aromatic carbocycles. The van der Waals surface area contributed by atoms with Crippen LogP contribution in [-0.4, -0.2) is 24.2 Å². The Kier molecular flexibility index (Phi) is 3.09. The van der Waals surface area contributed by atoms with Gasteiger partial charge < -0.3 is 10.0 Å². The Morgan fingerprint density at radius 1 is 1.47 bits per heavy atom. The number of benzene rings is 1. The van der Waals surface area contributed by atoms with Crippen LogP contribution >= 0.6 is 0 Å². The van der Waals surface area contributed by atoms with Gasteiger partial charge in [0.15, 0.2) is 0 Å². The van der Waals surface area contributed by atoms with E-state index in [2.05, 4.69) is 32.0 Å². The summed E-state index contributed by atoms with van der Waals surface area (Å²) in [7, 11) is 1.87. The summed E-state index contributed by atoms with van der Waals surface area (Å²) in [5.74, 6) is -0.214. The standard InChI is InChI=1S/C14H19NO2/c1-9(2)10-4-6-12-11(8-10)5-7-13(14(16)17)15(12)3/h4,6,8-9,13H,5,7H2,1-3H3,(H,16,17). The lowest BCUT2D eigenvalue weighted by Gasteiger charge is -2.33. The number of aliphatic carboxylic acids is 1. The molecule has 0 saturated heterocycles. The van der Waals surface area contributed by atoms with Gasteiger partial charge >= 0.3 is 5.97 Å². The predicted octanol–water partition coefficient (Wildman–Crippen LogP) is 2.65. The normalized spacial score (nSPS) is 19.3. The van der Waals surface area contributed by atoms with E-state index in [4.69, 9.17) is 5.11 Å². The summed E-state index contributed by atoms with van der Waals surface area (Å²) in [6.07, 6.45) is 1.55. The van der Waals surface area contributed by atoms with Gasteiger partial charge in [-0.1, -0.05) is 26.0 Å². The maximum atomic E-state index is 11.1. The van der Waals surface area contributed by atoms with E-state index in [0.717, 1.165) is 12.1 Å². The topological polar surface area (TPSA) is 40.5 Å². The molecule has 0 bridgehead atoms. The summed E-state index contributed by atoms with van der Waals surface area (Å²) in [6.45, 7) is 4.35. The Balaban J connectivity index is 2.35. The SMILES string of the molecule is CC(C)c1ccc2c(c1)CCC(C(=O)O)N2C. The maximum Gasteiger partial charge on any atom is 0.326 e. The summed E-state index contributed by atoms with van der Waals surface area (Å²) < 4.78 is 0. The van der Waals surface area contributed by atoms with Crippen LogP contribution in [0.1, 0.15) is 37.3 Å². The molecule has 0 saturated carbocycles. The van der Waals surface area contributed by atoms with Crippen molar-refractivity contribution < 1.29 is 9.90 Å². The average molecular weight is 233 g/mol. The van der Waals surface area contributed by atoms with E-state index < -0.39 is 5.97 Å². The van der Waals surface area contributed by atoms with E-state index in [1.807, 2.05) is 11.9 Å². The van der Waals surface area contributed by atoms with E-state index in [9.17, 15) is 4.79 Å². The molecular formula is C14H19NO2. The summed E-state index contributed by atoms with van der Waals surface area (Å²) in [6, 6.07) is 5.99. The number of nitrogens with zero attached hydrogens (tertiary/aromatic N) is 1. The lowest BCUT2D eigenvalue weighted by Crippen LogP contribution is -2.42. The number of rotatable bonds is 2. The van der Waals surface area contributed by atoms with Gasteiger partial charge in [-0.05, 0) is 36.0 Å². The van der Waals surface area contributed by atoms with Crippen LogP contribution in [0.2, 0.25) is 0 Å². The molecular weight excluding hydrogens is 214 g/mol. The Labute approximate surface area is 102 Å². The second-order valence-electron chi connectivity index (χ2n) is 5.05. The van der Waals surface area contributed by atoms with Gasteiger partial charge in [-0.3, -0.25) is 0 Å². The van der Waals surface area contributed by atoms with Gasteiger partial charge in [-0.15, -0.1) is 0 Å². The van der Waals surface area contributed by atoms with Gasteiger partial charge in [0.1, 0.15) is 6.04 Å². The predicted molar refractivity (Wildman–Crippen MR) is 68.7 cm³/mol. The van der Waals surface area contributed by atoms with Crippen molar-refractivity contribution in [2.24, 2.45) is 0 Å². The third kappa shape index (κ3) is 2.14. The second kappa shape index (κ2) is 4.40. The van der Waals surface area contributed by atoms with Crippen molar-refractivity contribution >= 4 is 11.7 Å². The summed E-state index contributed by atoms with van der Waals surface area (Å²) in [4.78, 5) is 13.0. The van der Waals surface area contributed by atoms with Crippen LogP contribution in [-0.2, 0) is 11.2 Å². The number of anilines is 1. The molecule has 0 aliphatic carbocycles. The third-order valence-corrected chi connectivity index (χ3v) is 3.59. The molecule has 1 aliphatic heterocycles. The fourth-order valence-corrected chi connectivity index (χ4v) is 2.45. The fourth-order valence-electron chi connectivity index (χ4n) is 2.45. The van der Waals surface area contributed by atoms with Crippen LogP contribution < -0.4 is 4.90 Å². The lowest BCUT2D eigenvalue weighted by atomic mass is 9.92. The number of hydrogen-bond donors (Lipinski definition) is 1. The number of carboxylic acids is 1. The highest BCUT2D eigenvalue weighted by Crippen LogP contribution is 2.32. The number of likely N-dealkylation sites (N-methyl/N-ethyl adjacent to an activating group) is 1. The van der Waals surface area contributed by atoms with E-state index in [1.165, 1.54) is 11.1 Å². The molecule has 3 heteroatoms. The Bertz CT molecular complexity index is 440. The van der Waals surface area contributed by atoms with Crippen molar-refractivity contribution in [2.45, 2.75) is 38.6 Å². The van der Waals surface area contributed by atoms with Crippen LogP contribution in [0.15, 0.2) is 18.2 Å². The lowest BCUT2D eigenvalue weighted by molar-refractivity contribution is -0.138. The van der Waals surface area contributed by atoms with Crippen molar-refractivity contribution in [2.75, 3.05) is 11.9 Å². The largest absolute Gasteiger partial charge is 0.480 e. The Morgan fingerprint density at radius 3 is 2.76 bits per heavy atom. The molecule has 1 heterocycles. The van der Waals surface area contributed by atoms with E-state index in [0.29, 0.717) is 12.3 Å². The van der Waals surface area contributed by atoms with Crippen molar-refractivity contribution in [1.29, 1.82) is 0 Å². The highest BCUT2D eigenvalue weighted by molar-refractivity contribution is 5.79. The summed E-state index contributed by atoms with van der Waals surface area (Å²) >= 11 is 0. The van der Waals surface area contributed by atoms with Crippen molar-refractivity contribution in [3.63, 3.8) is 0 Å². The minimum atomic E-state index is -0.730. The molecule has 1 N–H and O–H groups in total. The van der Waals surface area contributed by atoms with Gasteiger partial charge in [0, 0.05) is 12.7 Å². The Morgan fingerprint density at radius 2 is 2.18 bits per heavy atom. The fraction of sp³-hybridized carbons (Fsp3) is 0.500. The zero-order valence-electron chi connectivity index (χ0n) is 10.6. The zero-order chi connectivity index (χ0) is 12.6. The molecule has 0 amide bonds. The van der Waals surface area contributed by atoms with Gasteiger partial charge in [-0.25, -0.2) is 4.79 Å².